The second-order valence-corrected chi connectivity index (χ2v) is 5.41. The Bertz CT molecular complexity index is 413. The van der Waals surface area contributed by atoms with Gasteiger partial charge in [0.1, 0.15) is 11.1 Å². The van der Waals surface area contributed by atoms with E-state index in [9.17, 15) is 0 Å². The molecule has 0 amide bonds. The minimum Gasteiger partial charge on any atom is -0.391 e. The molecule has 0 saturated carbocycles. The summed E-state index contributed by atoms with van der Waals surface area (Å²) < 4.78 is 6.66. The number of hydrogen-bond donors (Lipinski definition) is 1. The molecule has 1 fully saturated rings. The molecule has 1 aliphatic heterocycles. The molecular weight excluding hydrogens is 300 g/mol. The molecule has 92 valence electrons. The Morgan fingerprint density at radius 2 is 2.29 bits per heavy atom. The Labute approximate surface area is 115 Å². The number of nitrogens with zero attached hydrogens (tertiary/aromatic N) is 1. The van der Waals surface area contributed by atoms with Crippen LogP contribution >= 0.6 is 28.1 Å². The number of benzene rings is 1. The summed E-state index contributed by atoms with van der Waals surface area (Å²) in [7, 11) is 0. The average molecular weight is 315 g/mol. The molecule has 0 bridgehead atoms. The van der Waals surface area contributed by atoms with Gasteiger partial charge in [-0.3, -0.25) is 4.90 Å². The van der Waals surface area contributed by atoms with E-state index in [1.54, 1.807) is 0 Å². The topological polar surface area (TPSA) is 38.5 Å². The van der Waals surface area contributed by atoms with Crippen LogP contribution < -0.4 is 5.73 Å². The Morgan fingerprint density at radius 1 is 1.53 bits per heavy atom. The van der Waals surface area contributed by atoms with E-state index in [1.165, 1.54) is 5.56 Å². The third-order valence-electron chi connectivity index (χ3n) is 2.82. The molecule has 1 unspecified atom stereocenters. The van der Waals surface area contributed by atoms with Crippen LogP contribution in [0.4, 0.5) is 0 Å². The van der Waals surface area contributed by atoms with Gasteiger partial charge in [-0.1, -0.05) is 46.3 Å². The fourth-order valence-electron chi connectivity index (χ4n) is 1.89. The van der Waals surface area contributed by atoms with Crippen LogP contribution in [0, 0.1) is 0 Å². The lowest BCUT2D eigenvalue weighted by Gasteiger charge is -2.32. The molecule has 1 heterocycles. The van der Waals surface area contributed by atoms with Crippen molar-refractivity contribution in [2.45, 2.75) is 12.6 Å². The SMILES string of the molecule is NC(=S)C1CN(Cc2ccccc2Br)CCO1. The largest absolute Gasteiger partial charge is 0.391 e. The summed E-state index contributed by atoms with van der Waals surface area (Å²) in [4.78, 5) is 2.76. The van der Waals surface area contributed by atoms with Crippen molar-refractivity contribution in [1.82, 2.24) is 4.90 Å². The molecule has 1 aliphatic rings. The number of hydrogen-bond acceptors (Lipinski definition) is 3. The second-order valence-electron chi connectivity index (χ2n) is 4.09. The van der Waals surface area contributed by atoms with E-state index < -0.39 is 0 Å². The molecule has 5 heteroatoms. The third kappa shape index (κ3) is 3.48. The minimum absolute atomic E-state index is 0.110. The van der Waals surface area contributed by atoms with Gasteiger partial charge in [-0.05, 0) is 11.6 Å². The van der Waals surface area contributed by atoms with Gasteiger partial charge in [-0.15, -0.1) is 0 Å². The van der Waals surface area contributed by atoms with Crippen LogP contribution in [0.25, 0.3) is 0 Å². The van der Waals surface area contributed by atoms with Gasteiger partial charge in [0.05, 0.1) is 6.61 Å². The van der Waals surface area contributed by atoms with Gasteiger partial charge in [-0.2, -0.15) is 0 Å². The quantitative estimate of drug-likeness (QED) is 0.865. The van der Waals surface area contributed by atoms with Crippen LogP contribution in [-0.4, -0.2) is 35.7 Å². The van der Waals surface area contributed by atoms with Crippen molar-refractivity contribution >= 4 is 33.1 Å². The normalized spacial score (nSPS) is 21.4. The maximum Gasteiger partial charge on any atom is 0.120 e. The predicted octanol–water partition coefficient (Wildman–Crippen LogP) is 1.94. The maximum atomic E-state index is 5.62. The smallest absolute Gasteiger partial charge is 0.120 e. The van der Waals surface area contributed by atoms with E-state index in [0.29, 0.717) is 11.6 Å². The third-order valence-corrected chi connectivity index (χ3v) is 3.86. The second kappa shape index (κ2) is 5.91. The summed E-state index contributed by atoms with van der Waals surface area (Å²) in [5.74, 6) is 0. The van der Waals surface area contributed by atoms with Gasteiger partial charge in [-0.25, -0.2) is 0 Å². The van der Waals surface area contributed by atoms with E-state index in [-0.39, 0.29) is 6.10 Å². The zero-order valence-electron chi connectivity index (χ0n) is 9.43. The lowest BCUT2D eigenvalue weighted by molar-refractivity contribution is 0.00383. The summed E-state index contributed by atoms with van der Waals surface area (Å²) in [6.07, 6.45) is -0.110. The van der Waals surface area contributed by atoms with Gasteiger partial charge >= 0.3 is 0 Å². The van der Waals surface area contributed by atoms with Crippen LogP contribution in [0.5, 0.6) is 0 Å². The highest BCUT2D eigenvalue weighted by Gasteiger charge is 2.22. The Hall–Kier alpha value is -0.490. The summed E-state index contributed by atoms with van der Waals surface area (Å²) >= 11 is 8.53. The minimum atomic E-state index is -0.110. The zero-order chi connectivity index (χ0) is 12.3. The first-order valence-electron chi connectivity index (χ1n) is 5.53. The molecule has 1 aromatic rings. The molecule has 1 saturated heterocycles. The zero-order valence-corrected chi connectivity index (χ0v) is 11.8. The van der Waals surface area contributed by atoms with E-state index in [1.807, 2.05) is 12.1 Å². The molecule has 0 aliphatic carbocycles. The fourth-order valence-corrected chi connectivity index (χ4v) is 2.44. The Kier molecular flexibility index (Phi) is 4.50. The van der Waals surface area contributed by atoms with Crippen molar-refractivity contribution in [3.8, 4) is 0 Å². The highest BCUT2D eigenvalue weighted by molar-refractivity contribution is 9.10. The number of rotatable bonds is 3. The number of ether oxygens (including phenoxy) is 1. The first-order chi connectivity index (χ1) is 8.16. The van der Waals surface area contributed by atoms with E-state index in [2.05, 4.69) is 33.0 Å². The highest BCUT2D eigenvalue weighted by atomic mass is 79.9. The summed E-state index contributed by atoms with van der Waals surface area (Å²) in [6, 6.07) is 8.24. The number of nitrogens with two attached hydrogens (primary N) is 1. The first kappa shape index (κ1) is 13.0. The Morgan fingerprint density at radius 3 is 3.00 bits per heavy atom. The maximum absolute atomic E-state index is 5.62. The van der Waals surface area contributed by atoms with Gasteiger partial charge in [0.15, 0.2) is 0 Å². The van der Waals surface area contributed by atoms with Crippen molar-refractivity contribution in [3.63, 3.8) is 0 Å². The molecule has 0 radical (unpaired) electrons. The van der Waals surface area contributed by atoms with Crippen molar-refractivity contribution in [1.29, 1.82) is 0 Å². The van der Waals surface area contributed by atoms with Crippen LogP contribution in [0.3, 0.4) is 0 Å². The van der Waals surface area contributed by atoms with Crippen molar-refractivity contribution in [2.75, 3.05) is 19.7 Å². The van der Waals surface area contributed by atoms with Gasteiger partial charge in [0.2, 0.25) is 0 Å². The van der Waals surface area contributed by atoms with E-state index in [4.69, 9.17) is 22.7 Å². The lowest BCUT2D eigenvalue weighted by Crippen LogP contribution is -2.47. The van der Waals surface area contributed by atoms with Gasteiger partial charge < -0.3 is 10.5 Å². The van der Waals surface area contributed by atoms with Crippen LogP contribution in [-0.2, 0) is 11.3 Å². The molecule has 0 spiro atoms. The van der Waals surface area contributed by atoms with Gasteiger partial charge in [0.25, 0.3) is 0 Å². The first-order valence-corrected chi connectivity index (χ1v) is 6.73. The van der Waals surface area contributed by atoms with E-state index >= 15 is 0 Å². The monoisotopic (exact) mass is 314 g/mol. The number of morpholine rings is 1. The molecular formula is C12H15BrN2OS. The number of halogens is 1. The highest BCUT2D eigenvalue weighted by Crippen LogP contribution is 2.19. The van der Waals surface area contributed by atoms with Crippen molar-refractivity contribution < 1.29 is 4.74 Å². The molecule has 1 aromatic carbocycles. The van der Waals surface area contributed by atoms with Crippen LogP contribution in [0.15, 0.2) is 28.7 Å². The molecule has 2 N–H and O–H groups in total. The Balaban J connectivity index is 1.99. The number of thiocarbonyl (C=S) groups is 1. The van der Waals surface area contributed by atoms with E-state index in [0.717, 1.165) is 24.1 Å². The van der Waals surface area contributed by atoms with Crippen molar-refractivity contribution in [2.24, 2.45) is 5.73 Å². The standard InChI is InChI=1S/C12H15BrN2OS/c13-10-4-2-1-3-9(10)7-15-5-6-16-11(8-15)12(14)17/h1-4,11H,5-8H2,(H2,14,17). The van der Waals surface area contributed by atoms with Crippen LogP contribution in [0.1, 0.15) is 5.56 Å². The van der Waals surface area contributed by atoms with Crippen LogP contribution in [0.2, 0.25) is 0 Å². The summed E-state index contributed by atoms with van der Waals surface area (Å²) in [6.45, 7) is 3.27. The fraction of sp³-hybridized carbons (Fsp3) is 0.417. The average Bonchev–Trinajstić information content (AvgIpc) is 2.32. The lowest BCUT2D eigenvalue weighted by atomic mass is 10.2. The van der Waals surface area contributed by atoms with Crippen molar-refractivity contribution in [3.05, 3.63) is 34.3 Å². The molecule has 3 nitrogen and oxygen atoms in total. The molecule has 1 atom stereocenters. The molecule has 0 aromatic heterocycles. The molecule has 17 heavy (non-hydrogen) atoms. The summed E-state index contributed by atoms with van der Waals surface area (Å²) in [5, 5.41) is 0. The predicted molar refractivity (Wildman–Crippen MR) is 75.9 cm³/mol. The molecule has 2 rings (SSSR count). The summed E-state index contributed by atoms with van der Waals surface area (Å²) in [5.41, 5.74) is 6.90. The van der Waals surface area contributed by atoms with Gasteiger partial charge in [0, 0.05) is 24.1 Å².